The summed E-state index contributed by atoms with van der Waals surface area (Å²) in [5.41, 5.74) is 0.153. The van der Waals surface area contributed by atoms with E-state index in [9.17, 15) is 9.59 Å². The summed E-state index contributed by atoms with van der Waals surface area (Å²) < 4.78 is 5.29. The van der Waals surface area contributed by atoms with Gasteiger partial charge in [0.15, 0.2) is 0 Å². The van der Waals surface area contributed by atoms with Crippen molar-refractivity contribution in [3.63, 3.8) is 0 Å². The first-order chi connectivity index (χ1) is 9.08. The average molecular weight is 285 g/mol. The summed E-state index contributed by atoms with van der Waals surface area (Å²) in [6.45, 7) is 1.54. The number of hydrogen-bond acceptors (Lipinski definition) is 4. The molecule has 0 radical (unpaired) electrons. The molecule has 0 spiro atoms. The van der Waals surface area contributed by atoms with E-state index < -0.39 is 18.0 Å². The molecule has 0 saturated carbocycles. The van der Waals surface area contributed by atoms with E-state index >= 15 is 0 Å². The molecule has 19 heavy (non-hydrogen) atoms. The topological polar surface area (TPSA) is 87.7 Å². The number of rotatable bonds is 3. The summed E-state index contributed by atoms with van der Waals surface area (Å²) in [7, 11) is 0. The number of carbonyl (C=O) groups is 2. The Bertz CT molecular complexity index is 501. The van der Waals surface area contributed by atoms with Crippen molar-refractivity contribution in [2.75, 3.05) is 25.0 Å². The van der Waals surface area contributed by atoms with E-state index in [0.717, 1.165) is 0 Å². The molecule has 2 rings (SSSR count). The Morgan fingerprint density at radius 2 is 2.26 bits per heavy atom. The summed E-state index contributed by atoms with van der Waals surface area (Å²) in [5.74, 6) is -1.52. The van der Waals surface area contributed by atoms with Crippen LogP contribution in [0.1, 0.15) is 10.4 Å². The third kappa shape index (κ3) is 3.44. The Morgan fingerprint density at radius 3 is 2.89 bits per heavy atom. The van der Waals surface area contributed by atoms with Gasteiger partial charge in [-0.15, -0.1) is 0 Å². The van der Waals surface area contributed by atoms with Crippen LogP contribution in [0.15, 0.2) is 18.2 Å². The van der Waals surface area contributed by atoms with Gasteiger partial charge in [-0.3, -0.25) is 4.79 Å². The van der Waals surface area contributed by atoms with E-state index in [1.165, 1.54) is 18.2 Å². The molecule has 1 heterocycles. The third-order valence-electron chi connectivity index (χ3n) is 2.69. The van der Waals surface area contributed by atoms with Gasteiger partial charge in [0, 0.05) is 18.1 Å². The zero-order valence-electron chi connectivity index (χ0n) is 9.98. The number of amides is 1. The van der Waals surface area contributed by atoms with E-state index in [0.29, 0.717) is 24.7 Å². The van der Waals surface area contributed by atoms with Crippen LogP contribution in [0.25, 0.3) is 0 Å². The molecule has 0 aliphatic carbocycles. The molecule has 0 aromatic heterocycles. The van der Waals surface area contributed by atoms with Gasteiger partial charge in [-0.1, -0.05) is 11.6 Å². The van der Waals surface area contributed by atoms with E-state index in [4.69, 9.17) is 21.4 Å². The molecule has 102 valence electrons. The maximum absolute atomic E-state index is 11.9. The first-order valence-electron chi connectivity index (χ1n) is 5.74. The largest absolute Gasteiger partial charge is 0.478 e. The van der Waals surface area contributed by atoms with Gasteiger partial charge in [-0.25, -0.2) is 4.79 Å². The van der Waals surface area contributed by atoms with E-state index in [1.54, 1.807) is 0 Å². The second-order valence-electron chi connectivity index (χ2n) is 4.05. The number of carbonyl (C=O) groups excluding carboxylic acids is 1. The van der Waals surface area contributed by atoms with Crippen LogP contribution in [-0.2, 0) is 9.53 Å². The Balaban J connectivity index is 2.15. The van der Waals surface area contributed by atoms with Gasteiger partial charge in [0.25, 0.3) is 5.91 Å². The number of nitrogens with one attached hydrogen (secondary N) is 2. The Morgan fingerprint density at radius 1 is 1.47 bits per heavy atom. The lowest BCUT2D eigenvalue weighted by molar-refractivity contribution is -0.128. The number of hydrogen-bond donors (Lipinski definition) is 3. The average Bonchev–Trinajstić information content (AvgIpc) is 2.39. The number of aromatic carboxylic acids is 1. The molecule has 1 atom stereocenters. The number of halogens is 1. The minimum Gasteiger partial charge on any atom is -0.478 e. The quantitative estimate of drug-likeness (QED) is 0.770. The molecule has 7 heteroatoms. The molecule has 1 aromatic rings. The Labute approximate surface area is 114 Å². The fraction of sp³-hybridized carbons (Fsp3) is 0.333. The van der Waals surface area contributed by atoms with Crippen molar-refractivity contribution in [3.8, 4) is 0 Å². The molecule has 1 aliphatic heterocycles. The molecular formula is C12H13ClN2O4. The standard InChI is InChI=1S/C12H13ClN2O4/c13-7-1-2-8(12(17)18)9(5-7)15-11(16)10-6-14-3-4-19-10/h1-2,5,10,14H,3-4,6H2,(H,15,16)(H,17,18). The van der Waals surface area contributed by atoms with Crippen molar-refractivity contribution in [2.24, 2.45) is 0 Å². The highest BCUT2D eigenvalue weighted by Crippen LogP contribution is 2.21. The predicted octanol–water partition coefficient (Wildman–Crippen LogP) is 0.965. The lowest BCUT2D eigenvalue weighted by Crippen LogP contribution is -2.45. The molecule has 1 amide bonds. The molecule has 1 unspecified atom stereocenters. The van der Waals surface area contributed by atoms with E-state index in [1.807, 2.05) is 0 Å². The van der Waals surface area contributed by atoms with Crippen LogP contribution < -0.4 is 10.6 Å². The number of anilines is 1. The number of carboxylic acid groups (broad SMARTS) is 1. The van der Waals surface area contributed by atoms with Crippen molar-refractivity contribution >= 4 is 29.2 Å². The zero-order valence-corrected chi connectivity index (χ0v) is 10.7. The van der Waals surface area contributed by atoms with Crippen LogP contribution >= 0.6 is 11.6 Å². The maximum Gasteiger partial charge on any atom is 0.337 e. The number of carboxylic acids is 1. The molecule has 0 bridgehead atoms. The van der Waals surface area contributed by atoms with Gasteiger partial charge in [0.2, 0.25) is 0 Å². The van der Waals surface area contributed by atoms with Crippen molar-refractivity contribution < 1.29 is 19.4 Å². The summed E-state index contributed by atoms with van der Waals surface area (Å²) in [4.78, 5) is 23.0. The zero-order chi connectivity index (χ0) is 13.8. The van der Waals surface area contributed by atoms with Crippen LogP contribution in [0.5, 0.6) is 0 Å². The summed E-state index contributed by atoms with van der Waals surface area (Å²) in [6, 6.07) is 4.21. The van der Waals surface area contributed by atoms with Gasteiger partial charge in [-0.05, 0) is 18.2 Å². The van der Waals surface area contributed by atoms with Crippen LogP contribution in [0, 0.1) is 0 Å². The van der Waals surface area contributed by atoms with E-state index in [2.05, 4.69) is 10.6 Å². The maximum atomic E-state index is 11.9. The molecule has 1 fully saturated rings. The van der Waals surface area contributed by atoms with E-state index in [-0.39, 0.29) is 11.3 Å². The van der Waals surface area contributed by atoms with Gasteiger partial charge in [0.05, 0.1) is 17.9 Å². The molecule has 1 aromatic carbocycles. The lowest BCUT2D eigenvalue weighted by atomic mass is 10.1. The van der Waals surface area contributed by atoms with Gasteiger partial charge in [0.1, 0.15) is 6.10 Å². The van der Waals surface area contributed by atoms with Crippen LogP contribution in [0.2, 0.25) is 5.02 Å². The number of morpholine rings is 1. The molecule has 3 N–H and O–H groups in total. The minimum atomic E-state index is -1.13. The third-order valence-corrected chi connectivity index (χ3v) is 2.93. The first kappa shape index (κ1) is 13.8. The second kappa shape index (κ2) is 6.01. The SMILES string of the molecule is O=C(O)c1ccc(Cl)cc1NC(=O)C1CNCCO1. The highest BCUT2D eigenvalue weighted by atomic mass is 35.5. The molecule has 1 saturated heterocycles. The summed E-state index contributed by atoms with van der Waals surface area (Å²) in [5, 5.41) is 14.9. The second-order valence-corrected chi connectivity index (χ2v) is 4.48. The van der Waals surface area contributed by atoms with Crippen LogP contribution in [0.4, 0.5) is 5.69 Å². The van der Waals surface area contributed by atoms with Crippen molar-refractivity contribution in [3.05, 3.63) is 28.8 Å². The van der Waals surface area contributed by atoms with Gasteiger partial charge in [-0.2, -0.15) is 0 Å². The minimum absolute atomic E-state index is 0.0125. The van der Waals surface area contributed by atoms with Gasteiger partial charge < -0.3 is 20.5 Å². The smallest absolute Gasteiger partial charge is 0.337 e. The Hall–Kier alpha value is -1.63. The predicted molar refractivity (Wildman–Crippen MR) is 69.7 cm³/mol. The number of ether oxygens (including phenoxy) is 1. The van der Waals surface area contributed by atoms with Crippen LogP contribution in [0.3, 0.4) is 0 Å². The highest BCUT2D eigenvalue weighted by molar-refractivity contribution is 6.31. The fourth-order valence-electron chi connectivity index (χ4n) is 1.75. The van der Waals surface area contributed by atoms with Crippen molar-refractivity contribution in [2.45, 2.75) is 6.10 Å². The van der Waals surface area contributed by atoms with Gasteiger partial charge >= 0.3 is 5.97 Å². The number of benzene rings is 1. The molecule has 1 aliphatic rings. The normalized spacial score (nSPS) is 18.9. The monoisotopic (exact) mass is 284 g/mol. The van der Waals surface area contributed by atoms with Crippen molar-refractivity contribution in [1.82, 2.24) is 5.32 Å². The Kier molecular flexibility index (Phi) is 4.36. The fourth-order valence-corrected chi connectivity index (χ4v) is 1.93. The molecular weight excluding hydrogens is 272 g/mol. The van der Waals surface area contributed by atoms with Crippen molar-refractivity contribution in [1.29, 1.82) is 0 Å². The summed E-state index contributed by atoms with van der Waals surface area (Å²) >= 11 is 5.80. The highest BCUT2D eigenvalue weighted by Gasteiger charge is 2.23. The van der Waals surface area contributed by atoms with Crippen LogP contribution in [-0.4, -0.2) is 42.8 Å². The molecule has 6 nitrogen and oxygen atoms in total. The first-order valence-corrected chi connectivity index (χ1v) is 6.12. The summed E-state index contributed by atoms with van der Waals surface area (Å²) in [6.07, 6.45) is -0.630. The lowest BCUT2D eigenvalue weighted by Gasteiger charge is -2.23.